The maximum Gasteiger partial charge on any atom is 0.335 e. The molecule has 0 heterocycles. The maximum absolute atomic E-state index is 11.9. The van der Waals surface area contributed by atoms with E-state index in [2.05, 4.69) is 5.92 Å². The summed E-state index contributed by atoms with van der Waals surface area (Å²) >= 11 is 0. The lowest BCUT2D eigenvalue weighted by Crippen LogP contribution is -2.27. The first-order chi connectivity index (χ1) is 7.89. The van der Waals surface area contributed by atoms with E-state index in [-0.39, 0.29) is 17.0 Å². The first-order valence-corrected chi connectivity index (χ1v) is 6.06. The first-order valence-electron chi connectivity index (χ1n) is 4.62. The van der Waals surface area contributed by atoms with Crippen molar-refractivity contribution < 1.29 is 18.3 Å². The molecule has 5 nitrogen and oxygen atoms in total. The standard InChI is InChI=1S/C11H11NO4S/c1-3-7-12(2)17(15,16)10-6-4-5-9(8-10)11(13)14/h1,4-6,8H,7H2,2H3,(H,13,14). The van der Waals surface area contributed by atoms with E-state index in [9.17, 15) is 13.2 Å². The van der Waals surface area contributed by atoms with E-state index < -0.39 is 16.0 Å². The van der Waals surface area contributed by atoms with Crippen LogP contribution in [-0.2, 0) is 10.0 Å². The van der Waals surface area contributed by atoms with Crippen LogP contribution in [0.5, 0.6) is 0 Å². The van der Waals surface area contributed by atoms with Crippen molar-refractivity contribution in [3.05, 3.63) is 29.8 Å². The van der Waals surface area contributed by atoms with E-state index in [0.717, 1.165) is 10.4 Å². The van der Waals surface area contributed by atoms with Gasteiger partial charge in [0.2, 0.25) is 10.0 Å². The van der Waals surface area contributed by atoms with Crippen LogP contribution in [0, 0.1) is 12.3 Å². The maximum atomic E-state index is 11.9. The minimum absolute atomic E-state index is 0.0698. The van der Waals surface area contributed by atoms with Crippen LogP contribution in [0.2, 0.25) is 0 Å². The molecule has 0 fully saturated rings. The Hall–Kier alpha value is -1.84. The van der Waals surface area contributed by atoms with Gasteiger partial charge < -0.3 is 5.11 Å². The lowest BCUT2D eigenvalue weighted by molar-refractivity contribution is 0.0696. The zero-order chi connectivity index (χ0) is 13.1. The Kier molecular flexibility index (Phi) is 3.89. The van der Waals surface area contributed by atoms with E-state index in [1.807, 2.05) is 0 Å². The quantitative estimate of drug-likeness (QED) is 0.799. The molecule has 0 saturated carbocycles. The van der Waals surface area contributed by atoms with Gasteiger partial charge in [-0.25, -0.2) is 13.2 Å². The van der Waals surface area contributed by atoms with E-state index >= 15 is 0 Å². The fourth-order valence-electron chi connectivity index (χ4n) is 1.18. The molecule has 0 aliphatic rings. The van der Waals surface area contributed by atoms with Gasteiger partial charge in [-0.2, -0.15) is 4.31 Å². The molecule has 0 unspecified atom stereocenters. The second kappa shape index (κ2) is 4.99. The molecule has 0 bridgehead atoms. The number of nitrogens with zero attached hydrogens (tertiary/aromatic N) is 1. The molecule has 0 aliphatic heterocycles. The Balaban J connectivity index is 3.21. The number of hydrogen-bond acceptors (Lipinski definition) is 3. The molecule has 1 N–H and O–H groups in total. The van der Waals surface area contributed by atoms with Gasteiger partial charge in [0.25, 0.3) is 0 Å². The zero-order valence-electron chi connectivity index (χ0n) is 9.12. The SMILES string of the molecule is C#CCN(C)S(=O)(=O)c1cccc(C(=O)O)c1. The van der Waals surface area contributed by atoms with Gasteiger partial charge in [0, 0.05) is 7.05 Å². The number of terminal acetylenes is 1. The first kappa shape index (κ1) is 13.2. The molecular formula is C11H11NO4S. The van der Waals surface area contributed by atoms with Crippen molar-refractivity contribution in [3.63, 3.8) is 0 Å². The Morgan fingerprint density at radius 1 is 1.53 bits per heavy atom. The summed E-state index contributed by atoms with van der Waals surface area (Å²) in [4.78, 5) is 10.6. The van der Waals surface area contributed by atoms with Crippen LogP contribution < -0.4 is 0 Å². The second-order valence-corrected chi connectivity index (χ2v) is 5.34. The largest absolute Gasteiger partial charge is 0.478 e. The minimum atomic E-state index is -3.73. The van der Waals surface area contributed by atoms with Crippen molar-refractivity contribution in [2.24, 2.45) is 0 Å². The van der Waals surface area contributed by atoms with Crippen LogP contribution in [-0.4, -0.2) is 37.4 Å². The van der Waals surface area contributed by atoms with Gasteiger partial charge in [0.1, 0.15) is 0 Å². The molecule has 0 saturated heterocycles. The summed E-state index contributed by atoms with van der Waals surface area (Å²) in [6.07, 6.45) is 5.03. The summed E-state index contributed by atoms with van der Waals surface area (Å²) in [7, 11) is -2.39. The number of sulfonamides is 1. The summed E-state index contributed by atoms with van der Waals surface area (Å²) in [5.41, 5.74) is -0.0832. The number of rotatable bonds is 4. The molecule has 90 valence electrons. The Morgan fingerprint density at radius 2 is 2.18 bits per heavy atom. The third kappa shape index (κ3) is 2.84. The fourth-order valence-corrected chi connectivity index (χ4v) is 2.31. The Labute approximate surface area is 99.7 Å². The van der Waals surface area contributed by atoms with Gasteiger partial charge in [-0.15, -0.1) is 6.42 Å². The van der Waals surface area contributed by atoms with Gasteiger partial charge in [-0.1, -0.05) is 12.0 Å². The predicted molar refractivity (Wildman–Crippen MR) is 62.1 cm³/mol. The fraction of sp³-hybridized carbons (Fsp3) is 0.182. The van der Waals surface area contributed by atoms with Crippen LogP contribution in [0.1, 0.15) is 10.4 Å². The van der Waals surface area contributed by atoms with E-state index in [1.165, 1.54) is 25.2 Å². The van der Waals surface area contributed by atoms with Crippen molar-refractivity contribution in [1.29, 1.82) is 0 Å². The highest BCUT2D eigenvalue weighted by molar-refractivity contribution is 7.89. The molecule has 0 aliphatic carbocycles. The molecular weight excluding hydrogens is 242 g/mol. The van der Waals surface area contributed by atoms with Crippen LogP contribution in [0.4, 0.5) is 0 Å². The molecule has 0 atom stereocenters. The van der Waals surface area contributed by atoms with Gasteiger partial charge in [-0.05, 0) is 18.2 Å². The van der Waals surface area contributed by atoms with Crippen molar-refractivity contribution in [2.45, 2.75) is 4.90 Å². The van der Waals surface area contributed by atoms with Gasteiger partial charge in [-0.3, -0.25) is 0 Å². The molecule has 17 heavy (non-hydrogen) atoms. The Morgan fingerprint density at radius 3 is 2.71 bits per heavy atom. The molecule has 1 aromatic rings. The minimum Gasteiger partial charge on any atom is -0.478 e. The Bertz CT molecular complexity index is 571. The normalized spacial score (nSPS) is 11.1. The van der Waals surface area contributed by atoms with Gasteiger partial charge >= 0.3 is 5.97 Å². The summed E-state index contributed by atoms with van der Waals surface area (Å²) in [5.74, 6) is 1.03. The van der Waals surface area contributed by atoms with Gasteiger partial charge in [0.05, 0.1) is 17.0 Å². The van der Waals surface area contributed by atoms with Crippen molar-refractivity contribution >= 4 is 16.0 Å². The van der Waals surface area contributed by atoms with Crippen LogP contribution in [0.25, 0.3) is 0 Å². The number of aromatic carboxylic acids is 1. The summed E-state index contributed by atoms with van der Waals surface area (Å²) in [6.45, 7) is -0.0698. The zero-order valence-corrected chi connectivity index (χ0v) is 9.94. The van der Waals surface area contributed by atoms with E-state index in [0.29, 0.717) is 0 Å². The topological polar surface area (TPSA) is 74.7 Å². The van der Waals surface area contributed by atoms with Crippen molar-refractivity contribution in [3.8, 4) is 12.3 Å². The molecule has 0 amide bonds. The average molecular weight is 253 g/mol. The van der Waals surface area contributed by atoms with E-state index in [1.54, 1.807) is 0 Å². The van der Waals surface area contributed by atoms with Crippen LogP contribution in [0.3, 0.4) is 0 Å². The van der Waals surface area contributed by atoms with E-state index in [4.69, 9.17) is 11.5 Å². The number of carbonyl (C=O) groups is 1. The summed E-state index contributed by atoms with van der Waals surface area (Å²) in [6, 6.07) is 5.13. The lowest BCUT2D eigenvalue weighted by Gasteiger charge is -2.14. The lowest BCUT2D eigenvalue weighted by atomic mass is 10.2. The molecule has 0 spiro atoms. The third-order valence-electron chi connectivity index (χ3n) is 2.10. The van der Waals surface area contributed by atoms with Crippen molar-refractivity contribution in [2.75, 3.05) is 13.6 Å². The molecule has 0 radical (unpaired) electrons. The predicted octanol–water partition coefficient (Wildman–Crippen LogP) is 0.639. The van der Waals surface area contributed by atoms with Gasteiger partial charge in [0.15, 0.2) is 0 Å². The van der Waals surface area contributed by atoms with Crippen LogP contribution in [0.15, 0.2) is 29.2 Å². The summed E-state index contributed by atoms with van der Waals surface area (Å²) in [5, 5.41) is 8.78. The average Bonchev–Trinajstić information content (AvgIpc) is 2.29. The third-order valence-corrected chi connectivity index (χ3v) is 3.90. The molecule has 6 heteroatoms. The monoisotopic (exact) mass is 253 g/mol. The summed E-state index contributed by atoms with van der Waals surface area (Å²) < 4.78 is 24.8. The highest BCUT2D eigenvalue weighted by atomic mass is 32.2. The molecule has 1 rings (SSSR count). The number of hydrogen-bond donors (Lipinski definition) is 1. The number of carboxylic acids is 1. The molecule has 0 aromatic heterocycles. The molecule has 1 aromatic carbocycles. The van der Waals surface area contributed by atoms with Crippen molar-refractivity contribution in [1.82, 2.24) is 4.31 Å². The number of carboxylic acid groups (broad SMARTS) is 1. The second-order valence-electron chi connectivity index (χ2n) is 3.30. The highest BCUT2D eigenvalue weighted by Crippen LogP contribution is 2.15. The number of benzene rings is 1. The smallest absolute Gasteiger partial charge is 0.335 e. The highest BCUT2D eigenvalue weighted by Gasteiger charge is 2.20. The van der Waals surface area contributed by atoms with Crippen LogP contribution >= 0.6 is 0 Å².